The molecule has 0 aromatic heterocycles. The molecule has 0 bridgehead atoms. The normalized spacial score (nSPS) is 14.7. The predicted octanol–water partition coefficient (Wildman–Crippen LogP) is 6.33. The minimum atomic E-state index is -4.15. The predicted molar refractivity (Wildman–Crippen MR) is 168 cm³/mol. The van der Waals surface area contributed by atoms with E-state index < -0.39 is 28.5 Å². The van der Waals surface area contributed by atoms with Crippen LogP contribution in [0.25, 0.3) is 0 Å². The molecule has 1 aliphatic rings. The van der Waals surface area contributed by atoms with Gasteiger partial charge in [-0.15, -0.1) is 0 Å². The van der Waals surface area contributed by atoms with E-state index >= 15 is 0 Å². The summed E-state index contributed by atoms with van der Waals surface area (Å²) in [4.78, 5) is 29.1. The summed E-state index contributed by atoms with van der Waals surface area (Å²) in [5.74, 6) is -0.710. The van der Waals surface area contributed by atoms with Crippen LogP contribution in [0.5, 0.6) is 0 Å². The highest BCUT2D eigenvalue weighted by molar-refractivity contribution is 7.92. The molecule has 7 nitrogen and oxygen atoms in total. The van der Waals surface area contributed by atoms with Gasteiger partial charge in [0.1, 0.15) is 12.6 Å². The highest BCUT2D eigenvalue weighted by Crippen LogP contribution is 2.27. The monoisotopic (exact) mass is 609 g/mol. The Kier molecular flexibility index (Phi) is 10.3. The van der Waals surface area contributed by atoms with Crippen molar-refractivity contribution in [2.24, 2.45) is 0 Å². The number of hydrogen-bond acceptors (Lipinski definition) is 4. The number of anilines is 1. The molecular weight excluding hydrogens is 570 g/mol. The van der Waals surface area contributed by atoms with Crippen LogP contribution < -0.4 is 9.62 Å². The zero-order valence-electron chi connectivity index (χ0n) is 24.8. The zero-order valence-corrected chi connectivity index (χ0v) is 26.3. The smallest absolute Gasteiger partial charge is 0.264 e. The number of rotatable bonds is 10. The number of carbonyl (C=O) groups excluding carboxylic acids is 2. The lowest BCUT2D eigenvalue weighted by molar-refractivity contribution is -0.139. The molecule has 1 atom stereocenters. The summed E-state index contributed by atoms with van der Waals surface area (Å²) in [6, 6.07) is 18.2. The number of nitrogens with one attached hydrogen (secondary N) is 1. The first kappa shape index (κ1) is 31.6. The standard InChI is InChI=1S/C33H40ClN3O4S/c1-23-10-13-27(14-11-23)21-36(26(4)33(39)35-29-8-6-5-7-9-29)32(38)22-37(30-17-12-24(2)25(3)20-30)42(40,41)31-18-15-28(34)16-19-31/h10-20,26,29H,5-9,21-22H2,1-4H3,(H,35,39)/t26-/m1/s1. The second-order valence-electron chi connectivity index (χ2n) is 11.3. The molecule has 0 radical (unpaired) electrons. The number of carbonyl (C=O) groups is 2. The molecule has 4 rings (SSSR count). The average Bonchev–Trinajstić information content (AvgIpc) is 2.97. The summed E-state index contributed by atoms with van der Waals surface area (Å²) in [7, 11) is -4.15. The van der Waals surface area contributed by atoms with Gasteiger partial charge in [-0.2, -0.15) is 0 Å². The molecule has 1 N–H and O–H groups in total. The Balaban J connectivity index is 1.69. The van der Waals surface area contributed by atoms with Gasteiger partial charge in [0.2, 0.25) is 11.8 Å². The van der Waals surface area contributed by atoms with E-state index in [1.807, 2.05) is 51.1 Å². The maximum absolute atomic E-state index is 14.1. The van der Waals surface area contributed by atoms with Crippen molar-refractivity contribution in [3.8, 4) is 0 Å². The van der Waals surface area contributed by atoms with E-state index in [9.17, 15) is 18.0 Å². The van der Waals surface area contributed by atoms with Crippen molar-refractivity contribution in [1.29, 1.82) is 0 Å². The van der Waals surface area contributed by atoms with Crippen LogP contribution in [0.4, 0.5) is 5.69 Å². The molecular formula is C33H40ClN3O4S. The first-order valence-electron chi connectivity index (χ1n) is 14.5. The SMILES string of the molecule is Cc1ccc(CN(C(=O)CN(c2ccc(C)c(C)c2)S(=O)(=O)c2ccc(Cl)cc2)[C@H](C)C(=O)NC2CCCCC2)cc1. The van der Waals surface area contributed by atoms with E-state index in [2.05, 4.69) is 5.32 Å². The van der Waals surface area contributed by atoms with E-state index in [-0.39, 0.29) is 23.4 Å². The largest absolute Gasteiger partial charge is 0.352 e. The number of halogens is 1. The number of hydrogen-bond donors (Lipinski definition) is 1. The Morgan fingerprint density at radius 2 is 1.55 bits per heavy atom. The maximum atomic E-state index is 14.1. The maximum Gasteiger partial charge on any atom is 0.264 e. The Bertz CT molecular complexity index is 1500. The Hall–Kier alpha value is -3.36. The van der Waals surface area contributed by atoms with Crippen molar-refractivity contribution in [1.82, 2.24) is 10.2 Å². The lowest BCUT2D eigenvalue weighted by Gasteiger charge is -2.33. The number of benzene rings is 3. The minimum absolute atomic E-state index is 0.0195. The van der Waals surface area contributed by atoms with E-state index in [0.717, 1.165) is 58.7 Å². The number of amides is 2. The molecule has 0 spiro atoms. The minimum Gasteiger partial charge on any atom is -0.352 e. The van der Waals surface area contributed by atoms with Crippen molar-refractivity contribution in [2.75, 3.05) is 10.8 Å². The van der Waals surface area contributed by atoms with Gasteiger partial charge in [-0.1, -0.05) is 66.8 Å². The van der Waals surface area contributed by atoms with Crippen LogP contribution in [-0.4, -0.2) is 43.8 Å². The van der Waals surface area contributed by atoms with Gasteiger partial charge in [0.25, 0.3) is 10.0 Å². The summed E-state index contributed by atoms with van der Waals surface area (Å²) in [5.41, 5.74) is 4.20. The quantitative estimate of drug-likeness (QED) is 0.291. The molecule has 0 aliphatic heterocycles. The summed E-state index contributed by atoms with van der Waals surface area (Å²) >= 11 is 6.04. The van der Waals surface area contributed by atoms with Gasteiger partial charge in [-0.3, -0.25) is 13.9 Å². The van der Waals surface area contributed by atoms with Crippen molar-refractivity contribution >= 4 is 39.1 Å². The van der Waals surface area contributed by atoms with Gasteiger partial charge in [-0.25, -0.2) is 8.42 Å². The average molecular weight is 610 g/mol. The molecule has 3 aromatic carbocycles. The molecule has 3 aromatic rings. The third kappa shape index (κ3) is 7.72. The molecule has 0 heterocycles. The summed E-state index contributed by atoms with van der Waals surface area (Å²) < 4.78 is 29.1. The lowest BCUT2D eigenvalue weighted by atomic mass is 9.95. The van der Waals surface area contributed by atoms with Crippen LogP contribution in [-0.2, 0) is 26.2 Å². The number of sulfonamides is 1. The molecule has 9 heteroatoms. The Morgan fingerprint density at radius 3 is 2.17 bits per heavy atom. The zero-order chi connectivity index (χ0) is 30.4. The molecule has 42 heavy (non-hydrogen) atoms. The van der Waals surface area contributed by atoms with Crippen molar-refractivity contribution < 1.29 is 18.0 Å². The van der Waals surface area contributed by atoms with Crippen molar-refractivity contribution in [2.45, 2.75) is 83.3 Å². The van der Waals surface area contributed by atoms with E-state index in [1.54, 1.807) is 19.1 Å². The molecule has 0 unspecified atom stereocenters. The highest BCUT2D eigenvalue weighted by Gasteiger charge is 2.33. The van der Waals surface area contributed by atoms with Crippen LogP contribution in [0.1, 0.15) is 61.3 Å². The van der Waals surface area contributed by atoms with E-state index in [4.69, 9.17) is 11.6 Å². The summed E-state index contributed by atoms with van der Waals surface area (Å²) in [6.45, 7) is 7.22. The van der Waals surface area contributed by atoms with Gasteiger partial charge >= 0.3 is 0 Å². The molecule has 1 fully saturated rings. The fourth-order valence-corrected chi connectivity index (χ4v) is 6.72. The Labute approximate surface area is 254 Å². The Morgan fingerprint density at radius 1 is 0.905 bits per heavy atom. The van der Waals surface area contributed by atoms with Gasteiger partial charge in [-0.05, 0) is 93.6 Å². The van der Waals surface area contributed by atoms with Gasteiger partial charge in [0.05, 0.1) is 10.6 Å². The van der Waals surface area contributed by atoms with Crippen LogP contribution in [0.3, 0.4) is 0 Å². The van der Waals surface area contributed by atoms with Crippen LogP contribution in [0.15, 0.2) is 71.6 Å². The van der Waals surface area contributed by atoms with Crippen molar-refractivity contribution in [3.63, 3.8) is 0 Å². The molecule has 2 amide bonds. The van der Waals surface area contributed by atoms with Gasteiger partial charge in [0.15, 0.2) is 0 Å². The number of aryl methyl sites for hydroxylation is 3. The van der Waals surface area contributed by atoms with E-state index in [0.29, 0.717) is 10.7 Å². The second kappa shape index (κ2) is 13.7. The first-order chi connectivity index (χ1) is 20.0. The van der Waals surface area contributed by atoms with Crippen molar-refractivity contribution in [3.05, 3.63) is 94.0 Å². The van der Waals surface area contributed by atoms with Gasteiger partial charge in [0, 0.05) is 17.6 Å². The van der Waals surface area contributed by atoms with Crippen LogP contribution in [0.2, 0.25) is 5.02 Å². The second-order valence-corrected chi connectivity index (χ2v) is 13.6. The molecule has 0 saturated heterocycles. The van der Waals surface area contributed by atoms with Crippen LogP contribution >= 0.6 is 11.6 Å². The highest BCUT2D eigenvalue weighted by atomic mass is 35.5. The summed E-state index contributed by atoms with van der Waals surface area (Å²) in [6.07, 6.45) is 5.14. The number of nitrogens with zero attached hydrogens (tertiary/aromatic N) is 2. The lowest BCUT2D eigenvalue weighted by Crippen LogP contribution is -2.53. The summed E-state index contributed by atoms with van der Waals surface area (Å²) in [5, 5.41) is 3.54. The molecule has 1 aliphatic carbocycles. The molecule has 1 saturated carbocycles. The van der Waals surface area contributed by atoms with Gasteiger partial charge < -0.3 is 10.2 Å². The first-order valence-corrected chi connectivity index (χ1v) is 16.3. The fourth-order valence-electron chi connectivity index (χ4n) is 5.18. The topological polar surface area (TPSA) is 86.8 Å². The third-order valence-electron chi connectivity index (χ3n) is 8.05. The van der Waals surface area contributed by atoms with E-state index in [1.165, 1.54) is 29.2 Å². The molecule has 224 valence electrons. The fraction of sp³-hybridized carbons (Fsp3) is 0.394. The van der Waals surface area contributed by atoms with Crippen LogP contribution in [0, 0.1) is 20.8 Å². The third-order valence-corrected chi connectivity index (χ3v) is 10.1.